The van der Waals surface area contributed by atoms with Crippen LogP contribution in [0.15, 0.2) is 0 Å². The first kappa shape index (κ1) is 19.9. The van der Waals surface area contributed by atoms with Gasteiger partial charge in [0.1, 0.15) is 5.78 Å². The summed E-state index contributed by atoms with van der Waals surface area (Å²) >= 11 is 0. The van der Waals surface area contributed by atoms with Crippen molar-refractivity contribution in [3.8, 4) is 0 Å². The fourth-order valence-electron chi connectivity index (χ4n) is 8.37. The van der Waals surface area contributed by atoms with Gasteiger partial charge >= 0.3 is 0 Å². The summed E-state index contributed by atoms with van der Waals surface area (Å²) < 4.78 is 6.26. The zero-order chi connectivity index (χ0) is 19.4. The number of ketones is 1. The number of carbonyl (C=O) groups is 1. The molecule has 2 heteroatoms. The summed E-state index contributed by atoms with van der Waals surface area (Å²) in [6.07, 6.45) is 12.4. The molecular formula is C25H42O2. The Kier molecular flexibility index (Phi) is 5.28. The van der Waals surface area contributed by atoms with E-state index in [1.165, 1.54) is 51.4 Å². The van der Waals surface area contributed by atoms with Crippen molar-refractivity contribution in [3.63, 3.8) is 0 Å². The van der Waals surface area contributed by atoms with Gasteiger partial charge < -0.3 is 4.74 Å². The minimum Gasteiger partial charge on any atom is -0.378 e. The SMILES string of the molecule is CC(=O)[C@H]1CC[C@H]2[C@@H]3CC[C@H]4C[C@H](OCC(C)C)CC[C@]4(C)[C@H]3CC[C@]12C. The van der Waals surface area contributed by atoms with Gasteiger partial charge in [-0.1, -0.05) is 27.7 Å². The first-order valence-electron chi connectivity index (χ1n) is 11.9. The molecule has 4 aliphatic rings. The lowest BCUT2D eigenvalue weighted by Crippen LogP contribution is -2.54. The van der Waals surface area contributed by atoms with E-state index >= 15 is 0 Å². The molecule has 0 aromatic carbocycles. The fourth-order valence-corrected chi connectivity index (χ4v) is 8.37. The smallest absolute Gasteiger partial charge is 0.133 e. The van der Waals surface area contributed by atoms with Gasteiger partial charge in [-0.3, -0.25) is 4.79 Å². The predicted octanol–water partition coefficient (Wildman–Crippen LogP) is 6.28. The molecule has 0 aliphatic heterocycles. The Balaban J connectivity index is 1.48. The predicted molar refractivity (Wildman–Crippen MR) is 110 cm³/mol. The van der Waals surface area contributed by atoms with Crippen molar-refractivity contribution in [2.45, 2.75) is 98.5 Å². The highest BCUT2D eigenvalue weighted by Crippen LogP contribution is 2.67. The molecule has 154 valence electrons. The number of fused-ring (bicyclic) bond motifs is 5. The molecule has 0 unspecified atom stereocenters. The fraction of sp³-hybridized carbons (Fsp3) is 0.960. The summed E-state index contributed by atoms with van der Waals surface area (Å²) in [7, 11) is 0. The Hall–Kier alpha value is -0.370. The topological polar surface area (TPSA) is 26.3 Å². The van der Waals surface area contributed by atoms with Crippen LogP contribution in [0.2, 0.25) is 0 Å². The summed E-state index contributed by atoms with van der Waals surface area (Å²) in [5, 5.41) is 0. The highest BCUT2D eigenvalue weighted by molar-refractivity contribution is 5.79. The van der Waals surface area contributed by atoms with E-state index < -0.39 is 0 Å². The lowest BCUT2D eigenvalue weighted by atomic mass is 9.44. The van der Waals surface area contributed by atoms with Crippen molar-refractivity contribution >= 4 is 5.78 Å². The van der Waals surface area contributed by atoms with Gasteiger partial charge in [0, 0.05) is 12.5 Å². The maximum absolute atomic E-state index is 12.3. The largest absolute Gasteiger partial charge is 0.378 e. The summed E-state index contributed by atoms with van der Waals surface area (Å²) in [5.41, 5.74) is 0.823. The van der Waals surface area contributed by atoms with E-state index in [0.29, 0.717) is 34.6 Å². The molecule has 4 rings (SSSR count). The minimum atomic E-state index is 0.299. The van der Waals surface area contributed by atoms with Crippen LogP contribution < -0.4 is 0 Å². The third-order valence-electron chi connectivity index (χ3n) is 9.77. The molecule has 4 fully saturated rings. The van der Waals surface area contributed by atoms with Crippen molar-refractivity contribution in [1.29, 1.82) is 0 Å². The molecule has 0 saturated heterocycles. The Morgan fingerprint density at radius 2 is 1.67 bits per heavy atom. The van der Waals surface area contributed by atoms with Gasteiger partial charge in [0.05, 0.1) is 6.10 Å². The van der Waals surface area contributed by atoms with Gasteiger partial charge in [-0.2, -0.15) is 0 Å². The van der Waals surface area contributed by atoms with E-state index in [2.05, 4.69) is 27.7 Å². The molecule has 0 radical (unpaired) electrons. The maximum Gasteiger partial charge on any atom is 0.133 e. The van der Waals surface area contributed by atoms with Gasteiger partial charge in [0.25, 0.3) is 0 Å². The zero-order valence-corrected chi connectivity index (χ0v) is 18.4. The molecule has 0 heterocycles. The second kappa shape index (κ2) is 7.15. The van der Waals surface area contributed by atoms with E-state index in [-0.39, 0.29) is 0 Å². The first-order valence-corrected chi connectivity index (χ1v) is 11.9. The van der Waals surface area contributed by atoms with Crippen molar-refractivity contribution in [1.82, 2.24) is 0 Å². The Labute approximate surface area is 167 Å². The summed E-state index contributed by atoms with van der Waals surface area (Å²) in [6.45, 7) is 12.4. The number of carbonyl (C=O) groups excluding carboxylic acids is 1. The molecule has 0 spiro atoms. The zero-order valence-electron chi connectivity index (χ0n) is 18.4. The Bertz CT molecular complexity index is 569. The molecule has 4 aliphatic carbocycles. The molecule has 0 aromatic heterocycles. The van der Waals surface area contributed by atoms with E-state index in [1.807, 2.05) is 6.92 Å². The highest BCUT2D eigenvalue weighted by Gasteiger charge is 2.60. The maximum atomic E-state index is 12.3. The molecule has 4 saturated carbocycles. The van der Waals surface area contributed by atoms with Crippen LogP contribution in [-0.4, -0.2) is 18.5 Å². The quantitative estimate of drug-likeness (QED) is 0.579. The van der Waals surface area contributed by atoms with Crippen LogP contribution in [0.5, 0.6) is 0 Å². The van der Waals surface area contributed by atoms with Crippen molar-refractivity contribution in [2.75, 3.05) is 6.61 Å². The highest BCUT2D eigenvalue weighted by atomic mass is 16.5. The Morgan fingerprint density at radius 3 is 2.37 bits per heavy atom. The van der Waals surface area contributed by atoms with Gasteiger partial charge in [-0.25, -0.2) is 0 Å². The van der Waals surface area contributed by atoms with Crippen molar-refractivity contribution in [2.24, 2.45) is 46.3 Å². The average Bonchev–Trinajstić information content (AvgIpc) is 2.97. The third kappa shape index (κ3) is 3.22. The number of hydrogen-bond donors (Lipinski definition) is 0. The Morgan fingerprint density at radius 1 is 0.963 bits per heavy atom. The van der Waals surface area contributed by atoms with Gasteiger partial charge in [-0.05, 0) is 105 Å². The minimum absolute atomic E-state index is 0.299. The van der Waals surface area contributed by atoms with Crippen LogP contribution in [0, 0.1) is 46.3 Å². The lowest BCUT2D eigenvalue weighted by Gasteiger charge is -2.61. The molecule has 0 N–H and O–H groups in total. The summed E-state index contributed by atoms with van der Waals surface area (Å²) in [5.74, 6) is 4.88. The summed E-state index contributed by atoms with van der Waals surface area (Å²) in [4.78, 5) is 12.3. The molecule has 8 atom stereocenters. The molecule has 0 aromatic rings. The second-order valence-electron chi connectivity index (χ2n) is 11.6. The van der Waals surface area contributed by atoms with Crippen LogP contribution in [-0.2, 0) is 9.53 Å². The van der Waals surface area contributed by atoms with Crippen molar-refractivity contribution < 1.29 is 9.53 Å². The summed E-state index contributed by atoms with van der Waals surface area (Å²) in [6, 6.07) is 0. The molecule has 0 bridgehead atoms. The van der Waals surface area contributed by atoms with Crippen LogP contribution in [0.1, 0.15) is 92.4 Å². The third-order valence-corrected chi connectivity index (χ3v) is 9.77. The van der Waals surface area contributed by atoms with Gasteiger partial charge in [-0.15, -0.1) is 0 Å². The molecular weight excluding hydrogens is 332 g/mol. The van der Waals surface area contributed by atoms with Crippen LogP contribution in [0.4, 0.5) is 0 Å². The van der Waals surface area contributed by atoms with Crippen molar-refractivity contribution in [3.05, 3.63) is 0 Å². The standard InChI is InChI=1S/C25H42O2/c1-16(2)15-27-19-10-12-24(4)18(14-19)6-7-20-22-9-8-21(17(3)26)25(22,5)13-11-23(20)24/h16,18-23H,6-15H2,1-5H3/t18-,19+,20-,21+,22-,23-,24-,25+/m0/s1. The van der Waals surface area contributed by atoms with E-state index in [4.69, 9.17) is 4.74 Å². The molecule has 0 amide bonds. The first-order chi connectivity index (χ1) is 12.8. The average molecular weight is 375 g/mol. The normalized spacial score (nSPS) is 49.4. The molecule has 2 nitrogen and oxygen atoms in total. The molecule has 27 heavy (non-hydrogen) atoms. The van der Waals surface area contributed by atoms with E-state index in [0.717, 1.165) is 36.7 Å². The number of ether oxygens (including phenoxy) is 1. The number of Topliss-reactive ketones (excluding diaryl/α,β-unsaturated/α-hetero) is 1. The van der Waals surface area contributed by atoms with Gasteiger partial charge in [0.15, 0.2) is 0 Å². The second-order valence-corrected chi connectivity index (χ2v) is 11.6. The number of hydrogen-bond acceptors (Lipinski definition) is 2. The van der Waals surface area contributed by atoms with E-state index in [9.17, 15) is 4.79 Å². The monoisotopic (exact) mass is 374 g/mol. The van der Waals surface area contributed by atoms with Crippen LogP contribution in [0.3, 0.4) is 0 Å². The number of rotatable bonds is 4. The van der Waals surface area contributed by atoms with E-state index in [1.54, 1.807) is 0 Å². The van der Waals surface area contributed by atoms with Crippen LogP contribution >= 0.6 is 0 Å². The van der Waals surface area contributed by atoms with Gasteiger partial charge in [0.2, 0.25) is 0 Å². The van der Waals surface area contributed by atoms with Crippen LogP contribution in [0.25, 0.3) is 0 Å². The lowest BCUT2D eigenvalue weighted by molar-refractivity contribution is -0.142.